The predicted molar refractivity (Wildman–Crippen MR) is 63.2 cm³/mol. The summed E-state index contributed by atoms with van der Waals surface area (Å²) in [5.41, 5.74) is 3.13. The molecule has 0 fully saturated rings. The van der Waals surface area contributed by atoms with E-state index in [1.54, 1.807) is 4.52 Å². The monoisotopic (exact) mass is 209 g/mol. The highest BCUT2D eigenvalue weighted by atomic mass is 15.3. The van der Waals surface area contributed by atoms with Gasteiger partial charge in [0.2, 0.25) is 0 Å². The topological polar surface area (TPSA) is 30.2 Å². The quantitative estimate of drug-likeness (QED) is 0.616. The fourth-order valence-corrected chi connectivity index (χ4v) is 1.69. The maximum absolute atomic E-state index is 4.50. The highest BCUT2D eigenvalue weighted by Gasteiger charge is 2.04. The molecule has 0 spiro atoms. The van der Waals surface area contributed by atoms with E-state index in [2.05, 4.69) is 17.0 Å². The van der Waals surface area contributed by atoms with Gasteiger partial charge in [0.1, 0.15) is 0 Å². The molecular formula is C13H11N3. The first-order valence-electron chi connectivity index (χ1n) is 5.21. The summed E-state index contributed by atoms with van der Waals surface area (Å²) in [7, 11) is 0. The zero-order valence-corrected chi connectivity index (χ0v) is 8.96. The molecule has 0 radical (unpaired) electrons. The number of rotatable bonds is 1. The van der Waals surface area contributed by atoms with Crippen molar-refractivity contribution in [3.8, 4) is 11.4 Å². The molecule has 0 bridgehead atoms. The van der Waals surface area contributed by atoms with Crippen LogP contribution in [0.4, 0.5) is 0 Å². The fraction of sp³-hybridized carbons (Fsp3) is 0.0769. The first-order chi connectivity index (χ1) is 7.83. The Bertz CT molecular complexity index is 626. The van der Waals surface area contributed by atoms with Crippen molar-refractivity contribution in [3.05, 3.63) is 54.2 Å². The van der Waals surface area contributed by atoms with Gasteiger partial charge in [0.15, 0.2) is 11.5 Å². The first-order valence-corrected chi connectivity index (χ1v) is 5.21. The number of nitrogens with zero attached hydrogens (tertiary/aromatic N) is 3. The van der Waals surface area contributed by atoms with E-state index >= 15 is 0 Å². The lowest BCUT2D eigenvalue weighted by Gasteiger charge is -1.91. The lowest BCUT2D eigenvalue weighted by atomic mass is 10.2. The maximum atomic E-state index is 4.50. The van der Waals surface area contributed by atoms with Gasteiger partial charge >= 0.3 is 0 Å². The van der Waals surface area contributed by atoms with E-state index in [1.807, 2.05) is 48.7 Å². The van der Waals surface area contributed by atoms with E-state index in [1.165, 1.54) is 5.56 Å². The minimum Gasteiger partial charge on any atom is -0.221 e. The molecule has 0 aliphatic heterocycles. The average molecular weight is 209 g/mol. The number of aryl methyl sites for hydroxylation is 1. The summed E-state index contributed by atoms with van der Waals surface area (Å²) in [5, 5.41) is 4.43. The largest absolute Gasteiger partial charge is 0.221 e. The van der Waals surface area contributed by atoms with Gasteiger partial charge in [-0.3, -0.25) is 0 Å². The fourth-order valence-electron chi connectivity index (χ4n) is 1.69. The summed E-state index contributed by atoms with van der Waals surface area (Å²) in [6.45, 7) is 2.05. The zero-order chi connectivity index (χ0) is 11.0. The smallest absolute Gasteiger partial charge is 0.182 e. The molecule has 2 aromatic heterocycles. The van der Waals surface area contributed by atoms with Crippen molar-refractivity contribution >= 4 is 5.65 Å². The Hall–Kier alpha value is -2.16. The molecular weight excluding hydrogens is 198 g/mol. The van der Waals surface area contributed by atoms with Crippen molar-refractivity contribution in [2.45, 2.75) is 6.92 Å². The van der Waals surface area contributed by atoms with Crippen LogP contribution in [0.1, 0.15) is 5.56 Å². The second kappa shape index (κ2) is 3.45. The van der Waals surface area contributed by atoms with Gasteiger partial charge in [-0.15, -0.1) is 5.10 Å². The molecule has 3 aromatic rings. The molecule has 3 rings (SSSR count). The Morgan fingerprint density at radius 2 is 1.88 bits per heavy atom. The number of hydrogen-bond acceptors (Lipinski definition) is 2. The molecule has 0 saturated carbocycles. The minimum atomic E-state index is 0.770. The van der Waals surface area contributed by atoms with E-state index in [9.17, 15) is 0 Å². The van der Waals surface area contributed by atoms with Crippen LogP contribution in [0.15, 0.2) is 48.7 Å². The third kappa shape index (κ3) is 1.46. The summed E-state index contributed by atoms with van der Waals surface area (Å²) in [6.07, 6.45) is 1.93. The molecule has 3 nitrogen and oxygen atoms in total. The number of benzene rings is 1. The zero-order valence-electron chi connectivity index (χ0n) is 8.96. The number of fused-ring (bicyclic) bond motifs is 1. The highest BCUT2D eigenvalue weighted by molar-refractivity contribution is 5.58. The summed E-state index contributed by atoms with van der Waals surface area (Å²) in [4.78, 5) is 4.50. The maximum Gasteiger partial charge on any atom is 0.182 e. The van der Waals surface area contributed by atoms with E-state index in [4.69, 9.17) is 0 Å². The molecule has 3 heteroatoms. The molecule has 2 heterocycles. The van der Waals surface area contributed by atoms with Crippen molar-refractivity contribution in [3.63, 3.8) is 0 Å². The van der Waals surface area contributed by atoms with Crippen LogP contribution >= 0.6 is 0 Å². The van der Waals surface area contributed by atoms with Crippen molar-refractivity contribution < 1.29 is 0 Å². The van der Waals surface area contributed by atoms with Gasteiger partial charge in [-0.2, -0.15) is 0 Å². The second-order valence-electron chi connectivity index (χ2n) is 3.81. The Morgan fingerprint density at radius 1 is 1.06 bits per heavy atom. The summed E-state index contributed by atoms with van der Waals surface area (Å²) < 4.78 is 1.80. The van der Waals surface area contributed by atoms with Crippen LogP contribution in [-0.4, -0.2) is 14.6 Å². The van der Waals surface area contributed by atoms with Gasteiger partial charge in [-0.25, -0.2) is 9.50 Å². The van der Waals surface area contributed by atoms with Gasteiger partial charge in [0, 0.05) is 11.8 Å². The number of pyridine rings is 1. The van der Waals surface area contributed by atoms with Crippen molar-refractivity contribution in [1.82, 2.24) is 14.6 Å². The SMILES string of the molecule is Cc1ccn2nc(-c3ccccc3)nc2c1. The van der Waals surface area contributed by atoms with Gasteiger partial charge in [0.05, 0.1) is 0 Å². The lowest BCUT2D eigenvalue weighted by Crippen LogP contribution is -1.86. The molecule has 16 heavy (non-hydrogen) atoms. The number of hydrogen-bond donors (Lipinski definition) is 0. The third-order valence-corrected chi connectivity index (χ3v) is 2.53. The standard InChI is InChI=1S/C13H11N3/c1-10-7-8-16-12(9-10)14-13(15-16)11-5-3-2-4-6-11/h2-9H,1H3. The van der Waals surface area contributed by atoms with Crippen LogP contribution in [0, 0.1) is 6.92 Å². The Morgan fingerprint density at radius 3 is 2.69 bits per heavy atom. The van der Waals surface area contributed by atoms with Gasteiger partial charge in [-0.05, 0) is 24.6 Å². The Labute approximate surface area is 93.4 Å². The third-order valence-electron chi connectivity index (χ3n) is 2.53. The lowest BCUT2D eigenvalue weighted by molar-refractivity contribution is 0.962. The first kappa shape index (κ1) is 9.09. The van der Waals surface area contributed by atoms with Crippen LogP contribution in [0.3, 0.4) is 0 Å². The average Bonchev–Trinajstić information content (AvgIpc) is 2.73. The van der Waals surface area contributed by atoms with Gasteiger partial charge in [-0.1, -0.05) is 30.3 Å². The van der Waals surface area contributed by atoms with Crippen molar-refractivity contribution in [1.29, 1.82) is 0 Å². The second-order valence-corrected chi connectivity index (χ2v) is 3.81. The molecule has 0 aliphatic rings. The molecule has 0 amide bonds. The van der Waals surface area contributed by atoms with Crippen molar-refractivity contribution in [2.24, 2.45) is 0 Å². The van der Waals surface area contributed by atoms with Crippen LogP contribution in [0.25, 0.3) is 17.0 Å². The van der Waals surface area contributed by atoms with Gasteiger partial charge < -0.3 is 0 Å². The van der Waals surface area contributed by atoms with Crippen LogP contribution in [0.5, 0.6) is 0 Å². The summed E-state index contributed by atoms with van der Waals surface area (Å²) in [5.74, 6) is 0.770. The Kier molecular flexibility index (Phi) is 1.96. The Balaban J connectivity index is 2.19. The van der Waals surface area contributed by atoms with Crippen LogP contribution in [-0.2, 0) is 0 Å². The molecule has 0 N–H and O–H groups in total. The van der Waals surface area contributed by atoms with Crippen LogP contribution in [0.2, 0.25) is 0 Å². The molecule has 0 unspecified atom stereocenters. The van der Waals surface area contributed by atoms with E-state index in [-0.39, 0.29) is 0 Å². The van der Waals surface area contributed by atoms with Crippen LogP contribution < -0.4 is 0 Å². The molecule has 0 saturated heterocycles. The van der Waals surface area contributed by atoms with E-state index < -0.39 is 0 Å². The molecule has 78 valence electrons. The molecule has 1 aromatic carbocycles. The molecule has 0 aliphatic carbocycles. The summed E-state index contributed by atoms with van der Waals surface area (Å²) in [6, 6.07) is 14.1. The predicted octanol–water partition coefficient (Wildman–Crippen LogP) is 2.70. The summed E-state index contributed by atoms with van der Waals surface area (Å²) >= 11 is 0. The van der Waals surface area contributed by atoms with Crippen molar-refractivity contribution in [2.75, 3.05) is 0 Å². The number of aromatic nitrogens is 3. The molecule has 0 atom stereocenters. The minimum absolute atomic E-state index is 0.770. The van der Waals surface area contributed by atoms with E-state index in [0.717, 1.165) is 17.0 Å². The highest BCUT2D eigenvalue weighted by Crippen LogP contribution is 2.15. The van der Waals surface area contributed by atoms with E-state index in [0.29, 0.717) is 0 Å². The normalized spacial score (nSPS) is 10.8. The van der Waals surface area contributed by atoms with Gasteiger partial charge in [0.25, 0.3) is 0 Å².